The number of nitrogens with two attached hydrogens (primary N) is 1. The highest BCUT2D eigenvalue weighted by molar-refractivity contribution is 7.13. The van der Waals surface area contributed by atoms with Crippen LogP contribution >= 0.6 is 11.3 Å². The second-order valence-electron chi connectivity index (χ2n) is 3.54. The fraction of sp³-hybridized carbons (Fsp3) is 0.556. The normalized spacial score (nSPS) is 21.6. The summed E-state index contributed by atoms with van der Waals surface area (Å²) in [6.45, 7) is 3.35. The van der Waals surface area contributed by atoms with Gasteiger partial charge in [0.2, 0.25) is 0 Å². The molecule has 2 N–H and O–H groups in total. The third-order valence-electron chi connectivity index (χ3n) is 2.34. The summed E-state index contributed by atoms with van der Waals surface area (Å²) in [5.41, 5.74) is 5.74. The van der Waals surface area contributed by atoms with Gasteiger partial charge in [-0.3, -0.25) is 4.79 Å². The van der Waals surface area contributed by atoms with Crippen molar-refractivity contribution in [1.29, 1.82) is 0 Å². The molecule has 5 heteroatoms. The van der Waals surface area contributed by atoms with Crippen LogP contribution in [-0.4, -0.2) is 34.9 Å². The zero-order chi connectivity index (χ0) is 10.1. The standard InChI is InChI=1S/C9H13N3OS/c1-6-11-4-8(14-6)9(13)12-3-2-7(10)5-12/h4,7H,2-3,5,10H2,1H3/t7-/m0/s1. The van der Waals surface area contributed by atoms with Crippen molar-refractivity contribution in [2.75, 3.05) is 13.1 Å². The van der Waals surface area contributed by atoms with E-state index in [4.69, 9.17) is 5.73 Å². The van der Waals surface area contributed by atoms with Crippen LogP contribution in [0.5, 0.6) is 0 Å². The summed E-state index contributed by atoms with van der Waals surface area (Å²) >= 11 is 1.44. The quantitative estimate of drug-likeness (QED) is 0.741. The van der Waals surface area contributed by atoms with Crippen molar-refractivity contribution in [2.45, 2.75) is 19.4 Å². The molecular weight excluding hydrogens is 198 g/mol. The number of aryl methyl sites for hydroxylation is 1. The van der Waals surface area contributed by atoms with Gasteiger partial charge in [0.05, 0.1) is 11.2 Å². The van der Waals surface area contributed by atoms with E-state index in [0.29, 0.717) is 6.54 Å². The Morgan fingerprint density at radius 3 is 3.07 bits per heavy atom. The van der Waals surface area contributed by atoms with Gasteiger partial charge in [-0.1, -0.05) is 0 Å². The number of carbonyl (C=O) groups is 1. The molecule has 2 rings (SSSR count). The maximum absolute atomic E-state index is 11.8. The van der Waals surface area contributed by atoms with Crippen LogP contribution in [0.1, 0.15) is 21.1 Å². The summed E-state index contributed by atoms with van der Waals surface area (Å²) in [6, 6.07) is 0.146. The summed E-state index contributed by atoms with van der Waals surface area (Å²) in [7, 11) is 0. The second-order valence-corrected chi connectivity index (χ2v) is 4.78. The minimum atomic E-state index is 0.0727. The van der Waals surface area contributed by atoms with Gasteiger partial charge in [-0.15, -0.1) is 11.3 Å². The molecule has 0 spiro atoms. The van der Waals surface area contributed by atoms with Gasteiger partial charge in [-0.25, -0.2) is 4.98 Å². The highest BCUT2D eigenvalue weighted by Crippen LogP contribution is 2.17. The molecule has 4 nitrogen and oxygen atoms in total. The average molecular weight is 211 g/mol. The van der Waals surface area contributed by atoms with Gasteiger partial charge in [0.1, 0.15) is 4.88 Å². The lowest BCUT2D eigenvalue weighted by Crippen LogP contribution is -2.31. The zero-order valence-corrected chi connectivity index (χ0v) is 8.88. The summed E-state index contributed by atoms with van der Waals surface area (Å²) in [5.74, 6) is 0.0727. The van der Waals surface area contributed by atoms with Gasteiger partial charge in [-0.05, 0) is 13.3 Å². The van der Waals surface area contributed by atoms with Crippen molar-refractivity contribution in [2.24, 2.45) is 5.73 Å². The van der Waals surface area contributed by atoms with Gasteiger partial charge in [-0.2, -0.15) is 0 Å². The molecule has 76 valence electrons. The van der Waals surface area contributed by atoms with Gasteiger partial charge in [0.15, 0.2) is 0 Å². The molecule has 0 unspecified atom stereocenters. The SMILES string of the molecule is Cc1ncc(C(=O)N2CC[C@H](N)C2)s1. The van der Waals surface area contributed by atoms with Crippen LogP contribution in [0.25, 0.3) is 0 Å². The van der Waals surface area contributed by atoms with Crippen LogP contribution in [0.3, 0.4) is 0 Å². The Balaban J connectivity index is 2.09. The van der Waals surface area contributed by atoms with E-state index >= 15 is 0 Å². The molecule has 0 aromatic carbocycles. The number of thiazole rings is 1. The Morgan fingerprint density at radius 2 is 2.57 bits per heavy atom. The van der Waals surface area contributed by atoms with E-state index < -0.39 is 0 Å². The van der Waals surface area contributed by atoms with Gasteiger partial charge in [0.25, 0.3) is 5.91 Å². The minimum Gasteiger partial charge on any atom is -0.336 e. The van der Waals surface area contributed by atoms with Crippen molar-refractivity contribution in [1.82, 2.24) is 9.88 Å². The molecule has 1 aromatic heterocycles. The number of hydrogen-bond donors (Lipinski definition) is 1. The van der Waals surface area contributed by atoms with Gasteiger partial charge < -0.3 is 10.6 Å². The maximum Gasteiger partial charge on any atom is 0.265 e. The first-order valence-electron chi connectivity index (χ1n) is 4.64. The molecular formula is C9H13N3OS. The molecule has 1 atom stereocenters. The summed E-state index contributed by atoms with van der Waals surface area (Å²) in [6.07, 6.45) is 2.55. The van der Waals surface area contributed by atoms with E-state index in [1.54, 1.807) is 11.1 Å². The van der Waals surface area contributed by atoms with E-state index in [2.05, 4.69) is 4.98 Å². The van der Waals surface area contributed by atoms with Crippen LogP contribution in [-0.2, 0) is 0 Å². The number of nitrogens with zero attached hydrogens (tertiary/aromatic N) is 2. The summed E-state index contributed by atoms with van der Waals surface area (Å²) in [4.78, 5) is 18.4. The third-order valence-corrected chi connectivity index (χ3v) is 3.24. The molecule has 1 aliphatic rings. The lowest BCUT2D eigenvalue weighted by atomic mass is 10.3. The molecule has 0 aliphatic carbocycles. The smallest absolute Gasteiger partial charge is 0.265 e. The third kappa shape index (κ3) is 1.78. The van der Waals surface area contributed by atoms with Crippen molar-refractivity contribution >= 4 is 17.2 Å². The molecule has 2 heterocycles. The number of likely N-dealkylation sites (tertiary alicyclic amines) is 1. The number of carbonyl (C=O) groups excluding carboxylic acids is 1. The van der Waals surface area contributed by atoms with E-state index in [9.17, 15) is 4.79 Å². The molecule has 14 heavy (non-hydrogen) atoms. The predicted octanol–water partition coefficient (Wildman–Crippen LogP) is 0.625. The molecule has 1 aromatic rings. The Labute approximate surface area is 86.7 Å². The highest BCUT2D eigenvalue weighted by Gasteiger charge is 2.25. The van der Waals surface area contributed by atoms with Crippen molar-refractivity contribution < 1.29 is 4.79 Å². The summed E-state index contributed by atoms with van der Waals surface area (Å²) < 4.78 is 0. The fourth-order valence-corrected chi connectivity index (χ4v) is 2.33. The molecule has 1 fully saturated rings. The zero-order valence-electron chi connectivity index (χ0n) is 8.06. The Hall–Kier alpha value is -0.940. The first-order valence-corrected chi connectivity index (χ1v) is 5.46. The molecule has 0 saturated carbocycles. The van der Waals surface area contributed by atoms with Crippen molar-refractivity contribution in [3.05, 3.63) is 16.1 Å². The molecule has 0 radical (unpaired) electrons. The predicted molar refractivity (Wildman–Crippen MR) is 55.3 cm³/mol. The summed E-state index contributed by atoms with van der Waals surface area (Å²) in [5, 5.41) is 0.928. The van der Waals surface area contributed by atoms with Crippen LogP contribution < -0.4 is 5.73 Å². The average Bonchev–Trinajstić information content (AvgIpc) is 2.73. The van der Waals surface area contributed by atoms with Crippen molar-refractivity contribution in [3.63, 3.8) is 0 Å². The fourth-order valence-electron chi connectivity index (χ4n) is 1.59. The molecule has 1 saturated heterocycles. The number of aromatic nitrogens is 1. The molecule has 1 aliphatic heterocycles. The largest absolute Gasteiger partial charge is 0.336 e. The minimum absolute atomic E-state index is 0.0727. The molecule has 0 bridgehead atoms. The highest BCUT2D eigenvalue weighted by atomic mass is 32.1. The Kier molecular flexibility index (Phi) is 2.52. The van der Waals surface area contributed by atoms with Crippen LogP contribution in [0.2, 0.25) is 0 Å². The van der Waals surface area contributed by atoms with E-state index in [0.717, 1.165) is 22.9 Å². The first-order chi connectivity index (χ1) is 6.66. The van der Waals surface area contributed by atoms with E-state index in [1.807, 2.05) is 6.92 Å². The van der Waals surface area contributed by atoms with Crippen LogP contribution in [0, 0.1) is 6.92 Å². The Morgan fingerprint density at radius 1 is 1.79 bits per heavy atom. The van der Waals surface area contributed by atoms with Crippen LogP contribution in [0.15, 0.2) is 6.20 Å². The Bertz CT molecular complexity index is 350. The monoisotopic (exact) mass is 211 g/mol. The molecule has 1 amide bonds. The maximum atomic E-state index is 11.8. The topological polar surface area (TPSA) is 59.2 Å². The number of rotatable bonds is 1. The van der Waals surface area contributed by atoms with E-state index in [-0.39, 0.29) is 11.9 Å². The first kappa shape index (κ1) is 9.61. The number of hydrogen-bond acceptors (Lipinski definition) is 4. The number of amides is 1. The lowest BCUT2D eigenvalue weighted by molar-refractivity contribution is 0.0795. The van der Waals surface area contributed by atoms with Gasteiger partial charge >= 0.3 is 0 Å². The van der Waals surface area contributed by atoms with Crippen molar-refractivity contribution in [3.8, 4) is 0 Å². The second kappa shape index (κ2) is 3.67. The van der Waals surface area contributed by atoms with Gasteiger partial charge in [0, 0.05) is 19.1 Å². The van der Waals surface area contributed by atoms with Crippen LogP contribution in [0.4, 0.5) is 0 Å². The van der Waals surface area contributed by atoms with E-state index in [1.165, 1.54) is 11.3 Å². The lowest BCUT2D eigenvalue weighted by Gasteiger charge is -2.13.